The van der Waals surface area contributed by atoms with Crippen LogP contribution >= 0.6 is 11.6 Å². The number of carbonyl (C=O) groups is 2. The summed E-state index contributed by atoms with van der Waals surface area (Å²) in [5.41, 5.74) is 0.487. The zero-order chi connectivity index (χ0) is 13.9. The molecular formula is C12H12ClNO4. The highest BCUT2D eigenvalue weighted by Gasteiger charge is 2.14. The van der Waals surface area contributed by atoms with Crippen LogP contribution in [0.3, 0.4) is 0 Å². The maximum atomic E-state index is 11.3. The van der Waals surface area contributed by atoms with E-state index in [-0.39, 0.29) is 23.0 Å². The van der Waals surface area contributed by atoms with Crippen molar-refractivity contribution < 1.29 is 19.8 Å². The van der Waals surface area contributed by atoms with Gasteiger partial charge < -0.3 is 15.5 Å². The number of nitrogens with one attached hydrogen (secondary N) is 1. The van der Waals surface area contributed by atoms with Crippen LogP contribution in [0.1, 0.15) is 22.8 Å². The molecule has 0 spiro atoms. The van der Waals surface area contributed by atoms with Gasteiger partial charge in [-0.25, -0.2) is 4.79 Å². The highest BCUT2D eigenvalue weighted by Crippen LogP contribution is 2.26. The number of aromatic carboxylic acids is 1. The van der Waals surface area contributed by atoms with Crippen LogP contribution in [0, 0.1) is 0 Å². The summed E-state index contributed by atoms with van der Waals surface area (Å²) >= 11 is 5.86. The van der Waals surface area contributed by atoms with E-state index >= 15 is 0 Å². The van der Waals surface area contributed by atoms with E-state index in [4.69, 9.17) is 16.7 Å². The number of aromatic hydroxyl groups is 1. The van der Waals surface area contributed by atoms with Gasteiger partial charge in [-0.3, -0.25) is 4.79 Å². The molecule has 1 aromatic rings. The summed E-state index contributed by atoms with van der Waals surface area (Å²) in [5.74, 6) is -2.01. The third kappa shape index (κ3) is 3.24. The lowest BCUT2D eigenvalue weighted by Crippen LogP contribution is -2.23. The maximum absolute atomic E-state index is 11.3. The van der Waals surface area contributed by atoms with Gasteiger partial charge in [-0.1, -0.05) is 18.2 Å². The summed E-state index contributed by atoms with van der Waals surface area (Å²) in [6.07, 6.45) is 0. The molecular weight excluding hydrogens is 258 g/mol. The van der Waals surface area contributed by atoms with E-state index in [1.54, 1.807) is 6.92 Å². The fraction of sp³-hybridized carbons (Fsp3) is 0.167. The molecule has 3 N–H and O–H groups in total. The van der Waals surface area contributed by atoms with Gasteiger partial charge in [0, 0.05) is 17.1 Å². The zero-order valence-corrected chi connectivity index (χ0v) is 10.4. The average molecular weight is 270 g/mol. The molecule has 0 unspecified atom stereocenters. The SMILES string of the molecule is C=C(C)C(=O)NCc1cc(O)c(C(=O)O)cc1Cl. The van der Waals surface area contributed by atoms with Crippen LogP contribution in [-0.4, -0.2) is 22.1 Å². The first-order valence-electron chi connectivity index (χ1n) is 5.01. The van der Waals surface area contributed by atoms with Gasteiger partial charge in [-0.15, -0.1) is 0 Å². The minimum Gasteiger partial charge on any atom is -0.507 e. The van der Waals surface area contributed by atoms with E-state index in [1.165, 1.54) is 6.07 Å². The standard InChI is InChI=1S/C12H12ClNO4/c1-6(2)11(16)14-5-7-3-10(15)8(12(17)18)4-9(7)13/h3-4,15H,1,5H2,2H3,(H,14,16)(H,17,18). The molecule has 96 valence electrons. The smallest absolute Gasteiger partial charge is 0.339 e. The number of amides is 1. The van der Waals surface area contributed by atoms with Crippen LogP contribution in [0.4, 0.5) is 0 Å². The Kier molecular flexibility index (Phi) is 4.33. The van der Waals surface area contributed by atoms with Gasteiger partial charge in [-0.2, -0.15) is 0 Å². The van der Waals surface area contributed by atoms with Crippen LogP contribution in [0.2, 0.25) is 5.02 Å². The highest BCUT2D eigenvalue weighted by molar-refractivity contribution is 6.31. The predicted molar refractivity (Wildman–Crippen MR) is 66.7 cm³/mol. The van der Waals surface area contributed by atoms with Crippen LogP contribution in [0.5, 0.6) is 5.75 Å². The van der Waals surface area contributed by atoms with Crippen molar-refractivity contribution in [3.05, 3.63) is 40.4 Å². The quantitative estimate of drug-likeness (QED) is 0.729. The lowest BCUT2D eigenvalue weighted by Gasteiger charge is -2.09. The number of rotatable bonds is 4. The van der Waals surface area contributed by atoms with E-state index in [2.05, 4.69) is 11.9 Å². The van der Waals surface area contributed by atoms with E-state index in [9.17, 15) is 14.7 Å². The van der Waals surface area contributed by atoms with E-state index in [1.807, 2.05) is 0 Å². The molecule has 0 saturated carbocycles. The number of halogens is 1. The molecule has 1 rings (SSSR count). The van der Waals surface area contributed by atoms with Gasteiger partial charge in [0.2, 0.25) is 5.91 Å². The molecule has 0 saturated heterocycles. The molecule has 18 heavy (non-hydrogen) atoms. The van der Waals surface area contributed by atoms with E-state index in [0.29, 0.717) is 11.1 Å². The summed E-state index contributed by atoms with van der Waals surface area (Å²) in [6.45, 7) is 5.11. The summed E-state index contributed by atoms with van der Waals surface area (Å²) in [5, 5.41) is 21.0. The number of carboxylic acid groups (broad SMARTS) is 1. The molecule has 0 heterocycles. The van der Waals surface area contributed by atoms with E-state index < -0.39 is 11.7 Å². The van der Waals surface area contributed by atoms with Crippen molar-refractivity contribution in [2.45, 2.75) is 13.5 Å². The number of hydrogen-bond acceptors (Lipinski definition) is 3. The minimum absolute atomic E-state index is 0.0813. The number of phenols is 1. The maximum Gasteiger partial charge on any atom is 0.339 e. The van der Waals surface area contributed by atoms with Gasteiger partial charge in [0.05, 0.1) is 0 Å². The summed E-state index contributed by atoms with van der Waals surface area (Å²) in [6, 6.07) is 2.35. The van der Waals surface area contributed by atoms with Crippen molar-refractivity contribution in [1.29, 1.82) is 0 Å². The molecule has 0 aromatic heterocycles. The molecule has 0 bridgehead atoms. The Morgan fingerprint density at radius 2 is 2.06 bits per heavy atom. The fourth-order valence-electron chi connectivity index (χ4n) is 1.24. The van der Waals surface area contributed by atoms with Gasteiger partial charge in [0.15, 0.2) is 0 Å². The molecule has 0 atom stereocenters. The average Bonchev–Trinajstić information content (AvgIpc) is 2.28. The number of hydrogen-bond donors (Lipinski definition) is 3. The Morgan fingerprint density at radius 3 is 2.56 bits per heavy atom. The predicted octanol–water partition coefficient (Wildman–Crippen LogP) is 1.94. The minimum atomic E-state index is -1.27. The number of carbonyl (C=O) groups excluding carboxylic acids is 1. The van der Waals surface area contributed by atoms with Crippen molar-refractivity contribution in [3.8, 4) is 5.75 Å². The number of benzene rings is 1. The monoisotopic (exact) mass is 269 g/mol. The normalized spacial score (nSPS) is 9.89. The third-order valence-electron chi connectivity index (χ3n) is 2.22. The molecule has 0 aliphatic rings. The van der Waals surface area contributed by atoms with Gasteiger partial charge in [0.1, 0.15) is 11.3 Å². The van der Waals surface area contributed by atoms with E-state index in [0.717, 1.165) is 6.07 Å². The molecule has 6 heteroatoms. The summed E-state index contributed by atoms with van der Waals surface area (Å²) in [7, 11) is 0. The van der Waals surface area contributed by atoms with Gasteiger partial charge in [-0.05, 0) is 24.6 Å². The highest BCUT2D eigenvalue weighted by atomic mass is 35.5. The lowest BCUT2D eigenvalue weighted by molar-refractivity contribution is -0.117. The second kappa shape index (κ2) is 5.55. The first kappa shape index (κ1) is 14.1. The second-order valence-electron chi connectivity index (χ2n) is 3.73. The van der Waals surface area contributed by atoms with Crippen molar-refractivity contribution >= 4 is 23.5 Å². The molecule has 1 amide bonds. The van der Waals surface area contributed by atoms with Crippen LogP contribution in [-0.2, 0) is 11.3 Å². The van der Waals surface area contributed by atoms with Crippen molar-refractivity contribution in [1.82, 2.24) is 5.32 Å². The largest absolute Gasteiger partial charge is 0.507 e. The fourth-order valence-corrected chi connectivity index (χ4v) is 1.47. The molecule has 0 radical (unpaired) electrons. The number of carboxylic acids is 1. The Labute approximate surface area is 109 Å². The van der Waals surface area contributed by atoms with Crippen molar-refractivity contribution in [2.24, 2.45) is 0 Å². The molecule has 0 fully saturated rings. The first-order valence-corrected chi connectivity index (χ1v) is 5.39. The van der Waals surface area contributed by atoms with Gasteiger partial charge >= 0.3 is 5.97 Å². The first-order chi connectivity index (χ1) is 8.32. The summed E-state index contributed by atoms with van der Waals surface area (Å²) < 4.78 is 0. The molecule has 5 nitrogen and oxygen atoms in total. The Hall–Kier alpha value is -2.01. The van der Waals surface area contributed by atoms with Crippen molar-refractivity contribution in [3.63, 3.8) is 0 Å². The van der Waals surface area contributed by atoms with Crippen LogP contribution in [0.25, 0.3) is 0 Å². The third-order valence-corrected chi connectivity index (χ3v) is 2.57. The molecule has 0 aliphatic heterocycles. The zero-order valence-electron chi connectivity index (χ0n) is 9.66. The second-order valence-corrected chi connectivity index (χ2v) is 4.14. The molecule has 0 aliphatic carbocycles. The lowest BCUT2D eigenvalue weighted by atomic mass is 10.1. The summed E-state index contributed by atoms with van der Waals surface area (Å²) in [4.78, 5) is 22.0. The van der Waals surface area contributed by atoms with Crippen LogP contribution < -0.4 is 5.32 Å². The Bertz CT molecular complexity index is 525. The Balaban J connectivity index is 2.92. The Morgan fingerprint density at radius 1 is 1.44 bits per heavy atom. The van der Waals surface area contributed by atoms with Crippen molar-refractivity contribution in [2.75, 3.05) is 0 Å². The van der Waals surface area contributed by atoms with Crippen LogP contribution in [0.15, 0.2) is 24.3 Å². The van der Waals surface area contributed by atoms with Gasteiger partial charge in [0.25, 0.3) is 0 Å². The topological polar surface area (TPSA) is 86.6 Å². The molecule has 1 aromatic carbocycles.